The molecule has 0 saturated carbocycles. The van der Waals surface area contributed by atoms with Crippen molar-refractivity contribution < 1.29 is 0 Å². The van der Waals surface area contributed by atoms with Gasteiger partial charge in [0.25, 0.3) is 0 Å². The summed E-state index contributed by atoms with van der Waals surface area (Å²) in [5.74, 6) is 0. The third-order valence-corrected chi connectivity index (χ3v) is 2.85. The van der Waals surface area contributed by atoms with Crippen LogP contribution in [0.25, 0.3) is 0 Å². The highest BCUT2D eigenvalue weighted by molar-refractivity contribution is 5.16. The molecule has 3 nitrogen and oxygen atoms in total. The van der Waals surface area contributed by atoms with Gasteiger partial charge in [-0.2, -0.15) is 5.10 Å². The molecule has 0 amide bonds. The van der Waals surface area contributed by atoms with E-state index < -0.39 is 0 Å². The molecule has 1 aromatic heterocycles. The number of hydrogen-bond acceptors (Lipinski definition) is 2. The zero-order chi connectivity index (χ0) is 12.9. The van der Waals surface area contributed by atoms with Gasteiger partial charge >= 0.3 is 0 Å². The molecule has 1 aromatic rings. The Hall–Kier alpha value is -0.830. The maximum absolute atomic E-state index is 4.47. The Labute approximate surface area is 106 Å². The van der Waals surface area contributed by atoms with Crippen molar-refractivity contribution in [1.29, 1.82) is 0 Å². The first kappa shape index (κ1) is 14.2. The predicted octanol–water partition coefficient (Wildman–Crippen LogP) is 2.69. The minimum absolute atomic E-state index is 0.239. The summed E-state index contributed by atoms with van der Waals surface area (Å²) in [4.78, 5) is 0. The normalized spacial score (nSPS) is 12.1. The minimum Gasteiger partial charge on any atom is -0.312 e. The maximum atomic E-state index is 4.47. The third kappa shape index (κ3) is 5.35. The highest BCUT2D eigenvalue weighted by Gasteiger charge is 2.08. The van der Waals surface area contributed by atoms with Crippen molar-refractivity contribution in [2.75, 3.05) is 6.54 Å². The second-order valence-corrected chi connectivity index (χ2v) is 5.76. The van der Waals surface area contributed by atoms with E-state index in [0.29, 0.717) is 0 Å². The average Bonchev–Trinajstić information content (AvgIpc) is 2.57. The molecular formula is C14H27N3. The molecule has 0 unspecified atom stereocenters. The molecule has 1 heterocycles. The standard InChI is InChI=1S/C14H27N3/c1-6-13-12(11-17(5)16-13)9-7-8-10-15-14(2,3)4/h11,15H,6-10H2,1-5H3. The van der Waals surface area contributed by atoms with Crippen molar-refractivity contribution in [1.82, 2.24) is 15.1 Å². The zero-order valence-electron chi connectivity index (χ0n) is 12.0. The molecule has 0 bridgehead atoms. The summed E-state index contributed by atoms with van der Waals surface area (Å²) in [7, 11) is 2.00. The number of hydrogen-bond donors (Lipinski definition) is 1. The SMILES string of the molecule is CCc1nn(C)cc1CCCCNC(C)(C)C. The minimum atomic E-state index is 0.239. The second-order valence-electron chi connectivity index (χ2n) is 5.76. The lowest BCUT2D eigenvalue weighted by molar-refractivity contribution is 0.419. The van der Waals surface area contributed by atoms with Crippen LogP contribution in [-0.2, 0) is 19.9 Å². The molecule has 17 heavy (non-hydrogen) atoms. The lowest BCUT2D eigenvalue weighted by Crippen LogP contribution is -2.36. The van der Waals surface area contributed by atoms with Crippen LogP contribution in [0.5, 0.6) is 0 Å². The van der Waals surface area contributed by atoms with E-state index in [0.717, 1.165) is 19.4 Å². The fourth-order valence-electron chi connectivity index (χ4n) is 1.99. The molecule has 1 rings (SSSR count). The van der Waals surface area contributed by atoms with Gasteiger partial charge in [0.2, 0.25) is 0 Å². The van der Waals surface area contributed by atoms with Crippen LogP contribution >= 0.6 is 0 Å². The summed E-state index contributed by atoms with van der Waals surface area (Å²) in [6.07, 6.45) is 6.83. The number of aromatic nitrogens is 2. The molecule has 0 aliphatic heterocycles. The van der Waals surface area contributed by atoms with Crippen LogP contribution in [0.4, 0.5) is 0 Å². The second kappa shape index (κ2) is 6.20. The van der Waals surface area contributed by atoms with Gasteiger partial charge < -0.3 is 5.32 Å². The smallest absolute Gasteiger partial charge is 0.0653 e. The molecule has 0 radical (unpaired) electrons. The Kier molecular flexibility index (Phi) is 5.19. The largest absolute Gasteiger partial charge is 0.312 e. The van der Waals surface area contributed by atoms with Gasteiger partial charge in [-0.3, -0.25) is 4.68 Å². The Bertz CT molecular complexity index is 334. The summed E-state index contributed by atoms with van der Waals surface area (Å²) in [5, 5.41) is 7.99. The molecule has 98 valence electrons. The number of nitrogens with zero attached hydrogens (tertiary/aromatic N) is 2. The predicted molar refractivity (Wildman–Crippen MR) is 73.3 cm³/mol. The Morgan fingerprint density at radius 3 is 2.59 bits per heavy atom. The van der Waals surface area contributed by atoms with Crippen molar-refractivity contribution in [3.63, 3.8) is 0 Å². The van der Waals surface area contributed by atoms with Crippen molar-refractivity contribution in [3.8, 4) is 0 Å². The van der Waals surface area contributed by atoms with E-state index in [1.54, 1.807) is 0 Å². The number of rotatable bonds is 6. The van der Waals surface area contributed by atoms with Crippen LogP contribution in [-0.4, -0.2) is 21.9 Å². The molecule has 1 N–H and O–H groups in total. The first-order chi connectivity index (χ1) is 7.92. The summed E-state index contributed by atoms with van der Waals surface area (Å²) >= 11 is 0. The van der Waals surface area contributed by atoms with Crippen molar-refractivity contribution in [3.05, 3.63) is 17.5 Å². The van der Waals surface area contributed by atoms with Gasteiger partial charge in [-0.15, -0.1) is 0 Å². The van der Waals surface area contributed by atoms with E-state index in [2.05, 4.69) is 44.3 Å². The van der Waals surface area contributed by atoms with E-state index in [-0.39, 0.29) is 5.54 Å². The van der Waals surface area contributed by atoms with Crippen LogP contribution in [0.15, 0.2) is 6.20 Å². The fourth-order valence-corrected chi connectivity index (χ4v) is 1.99. The van der Waals surface area contributed by atoms with Gasteiger partial charge in [0.15, 0.2) is 0 Å². The van der Waals surface area contributed by atoms with Gasteiger partial charge in [-0.25, -0.2) is 0 Å². The van der Waals surface area contributed by atoms with E-state index in [1.165, 1.54) is 24.1 Å². The zero-order valence-corrected chi connectivity index (χ0v) is 12.0. The van der Waals surface area contributed by atoms with Crippen LogP contribution in [0.2, 0.25) is 0 Å². The van der Waals surface area contributed by atoms with Gasteiger partial charge in [-0.1, -0.05) is 6.92 Å². The summed E-state index contributed by atoms with van der Waals surface area (Å²) in [6, 6.07) is 0. The lowest BCUT2D eigenvalue weighted by atomic mass is 10.1. The summed E-state index contributed by atoms with van der Waals surface area (Å²) < 4.78 is 1.93. The van der Waals surface area contributed by atoms with E-state index in [4.69, 9.17) is 0 Å². The number of unbranched alkanes of at least 4 members (excludes halogenated alkanes) is 1. The maximum Gasteiger partial charge on any atom is 0.0653 e. The Morgan fingerprint density at radius 2 is 2.00 bits per heavy atom. The molecule has 3 heteroatoms. The van der Waals surface area contributed by atoms with Crippen molar-refractivity contribution >= 4 is 0 Å². The first-order valence-corrected chi connectivity index (χ1v) is 6.69. The van der Waals surface area contributed by atoms with Gasteiger partial charge in [-0.05, 0) is 58.6 Å². The quantitative estimate of drug-likeness (QED) is 0.771. The average molecular weight is 237 g/mol. The third-order valence-electron chi connectivity index (χ3n) is 2.85. The van der Waals surface area contributed by atoms with E-state index in [1.807, 2.05) is 11.7 Å². The van der Waals surface area contributed by atoms with Gasteiger partial charge in [0, 0.05) is 18.8 Å². The Balaban J connectivity index is 2.26. The van der Waals surface area contributed by atoms with Crippen molar-refractivity contribution in [2.24, 2.45) is 7.05 Å². The lowest BCUT2D eigenvalue weighted by Gasteiger charge is -2.20. The highest BCUT2D eigenvalue weighted by atomic mass is 15.2. The van der Waals surface area contributed by atoms with Crippen LogP contribution in [0.3, 0.4) is 0 Å². The highest BCUT2D eigenvalue weighted by Crippen LogP contribution is 2.11. The first-order valence-electron chi connectivity index (χ1n) is 6.69. The Morgan fingerprint density at radius 1 is 1.29 bits per heavy atom. The molecule has 0 aliphatic rings. The summed E-state index contributed by atoms with van der Waals surface area (Å²) in [5.41, 5.74) is 2.92. The molecule has 0 saturated heterocycles. The fraction of sp³-hybridized carbons (Fsp3) is 0.786. The van der Waals surface area contributed by atoms with Gasteiger partial charge in [0.1, 0.15) is 0 Å². The van der Waals surface area contributed by atoms with Crippen molar-refractivity contribution in [2.45, 2.75) is 58.9 Å². The summed E-state index contributed by atoms with van der Waals surface area (Å²) in [6.45, 7) is 9.91. The van der Waals surface area contributed by atoms with E-state index in [9.17, 15) is 0 Å². The van der Waals surface area contributed by atoms with Crippen LogP contribution in [0, 0.1) is 0 Å². The van der Waals surface area contributed by atoms with E-state index >= 15 is 0 Å². The number of aryl methyl sites for hydroxylation is 3. The topological polar surface area (TPSA) is 29.9 Å². The molecule has 0 atom stereocenters. The van der Waals surface area contributed by atoms with Crippen LogP contribution < -0.4 is 5.32 Å². The van der Waals surface area contributed by atoms with Crippen LogP contribution in [0.1, 0.15) is 51.8 Å². The molecule has 0 aliphatic carbocycles. The molecular weight excluding hydrogens is 210 g/mol. The number of nitrogens with one attached hydrogen (secondary N) is 1. The van der Waals surface area contributed by atoms with Gasteiger partial charge in [0.05, 0.1) is 5.69 Å². The molecule has 0 aromatic carbocycles. The monoisotopic (exact) mass is 237 g/mol. The molecule has 0 spiro atoms. The molecule has 0 fully saturated rings.